The van der Waals surface area contributed by atoms with Crippen LogP contribution in [-0.2, 0) is 43.2 Å². The van der Waals surface area contributed by atoms with Crippen molar-refractivity contribution in [3.05, 3.63) is 23.8 Å². The topological polar surface area (TPSA) is 255 Å². The van der Waals surface area contributed by atoms with Gasteiger partial charge in [0.2, 0.25) is 29.7 Å². The summed E-state index contributed by atoms with van der Waals surface area (Å²) in [5.41, 5.74) is 5.28. The molecule has 2 aliphatic heterocycles. The number of rotatable bonds is 24. The zero-order valence-electron chi connectivity index (χ0n) is 33.8. The van der Waals surface area contributed by atoms with Gasteiger partial charge in [0.25, 0.3) is 0 Å². The lowest BCUT2D eigenvalue weighted by Crippen LogP contribution is -3.00. The van der Waals surface area contributed by atoms with Gasteiger partial charge in [-0.1, -0.05) is 16.3 Å². The Balaban J connectivity index is 0.00000769. The Morgan fingerprint density at radius 3 is 2.08 bits per heavy atom. The molecule has 2 aliphatic rings. The van der Waals surface area contributed by atoms with Crippen LogP contribution in [0.15, 0.2) is 12.4 Å². The van der Waals surface area contributed by atoms with Gasteiger partial charge in [0.05, 0.1) is 57.1 Å². The average Bonchev–Trinajstić information content (AvgIpc) is 3.89. The standard InChI is InChI=1S/C36H57N15O7.ClH/c1-3-19-56-21-23-58-24-22-57-20-9-38-34-39-35(48-14-10-46(11-15-48)31(54)27-50-25-30(7-18-52)42-44-50)41-36(40-34)49-16-12-47(13-17-49)33(55)32(28(2)53)51-26-29(43-45-51)6-4-5-8-37;/h1,25-26,28,32,52-53H,4-24,27,37H2,2H3,(H,38,39,40,41);1H/t28-,32+;/m1./s1. The van der Waals surface area contributed by atoms with Crippen LogP contribution < -0.4 is 33.3 Å². The Kier molecular flexibility index (Phi) is 19.9. The molecule has 326 valence electrons. The maximum Gasteiger partial charge on any atom is 0.250 e. The van der Waals surface area contributed by atoms with Gasteiger partial charge < -0.3 is 67.5 Å². The van der Waals surface area contributed by atoms with Crippen molar-refractivity contribution in [2.45, 2.75) is 51.3 Å². The van der Waals surface area contributed by atoms with Crippen molar-refractivity contribution < 1.29 is 52.2 Å². The van der Waals surface area contributed by atoms with Crippen LogP contribution in [0.5, 0.6) is 0 Å². The van der Waals surface area contributed by atoms with E-state index in [0.717, 1.165) is 31.5 Å². The first-order valence-electron chi connectivity index (χ1n) is 19.9. The Bertz CT molecular complexity index is 1740. The summed E-state index contributed by atoms with van der Waals surface area (Å²) >= 11 is 0. The Labute approximate surface area is 350 Å². The Morgan fingerprint density at radius 1 is 0.847 bits per heavy atom. The fourth-order valence-electron chi connectivity index (χ4n) is 6.46. The number of amides is 2. The van der Waals surface area contributed by atoms with Crippen molar-refractivity contribution in [3.63, 3.8) is 0 Å². The molecule has 3 aromatic heterocycles. The minimum atomic E-state index is -0.974. The third-order valence-electron chi connectivity index (χ3n) is 9.60. The van der Waals surface area contributed by atoms with E-state index < -0.39 is 12.1 Å². The number of halogens is 1. The third-order valence-corrected chi connectivity index (χ3v) is 9.60. The van der Waals surface area contributed by atoms with Crippen LogP contribution in [-0.4, -0.2) is 195 Å². The normalized spacial score (nSPS) is 15.4. The number of aromatic nitrogens is 9. The van der Waals surface area contributed by atoms with E-state index >= 15 is 0 Å². The number of nitrogens with zero attached hydrogens (tertiary/aromatic N) is 13. The number of aliphatic hydroxyl groups excluding tert-OH is 2. The highest BCUT2D eigenvalue weighted by Gasteiger charge is 2.34. The molecule has 22 nitrogen and oxygen atoms in total. The van der Waals surface area contributed by atoms with E-state index in [2.05, 4.69) is 37.6 Å². The highest BCUT2D eigenvalue weighted by Crippen LogP contribution is 2.22. The molecule has 3 aromatic rings. The van der Waals surface area contributed by atoms with E-state index in [-0.39, 0.29) is 44.0 Å². The lowest BCUT2D eigenvalue weighted by molar-refractivity contribution is -0.368. The molecule has 6 N–H and O–H groups in total. The number of terminal acetylenes is 1. The molecular formula is C36H58ClN15O7. The van der Waals surface area contributed by atoms with Crippen molar-refractivity contribution in [2.24, 2.45) is 0 Å². The van der Waals surface area contributed by atoms with Gasteiger partial charge in [-0.25, -0.2) is 9.36 Å². The van der Waals surface area contributed by atoms with E-state index in [0.29, 0.717) is 122 Å². The van der Waals surface area contributed by atoms with Crippen LogP contribution in [0.1, 0.15) is 37.2 Å². The predicted molar refractivity (Wildman–Crippen MR) is 209 cm³/mol. The number of aliphatic hydroxyl groups is 2. The molecule has 2 fully saturated rings. The maximum atomic E-state index is 13.8. The number of piperazine rings is 2. The molecule has 0 unspecified atom stereocenters. The molecule has 0 spiro atoms. The summed E-state index contributed by atoms with van der Waals surface area (Å²) in [6.07, 6.45) is 10.6. The van der Waals surface area contributed by atoms with Crippen molar-refractivity contribution >= 4 is 29.7 Å². The van der Waals surface area contributed by atoms with Crippen LogP contribution in [0.25, 0.3) is 0 Å². The predicted octanol–water partition coefficient (Wildman–Crippen LogP) is -6.13. The third kappa shape index (κ3) is 14.5. The highest BCUT2D eigenvalue weighted by molar-refractivity contribution is 5.81. The molecule has 0 aromatic carbocycles. The summed E-state index contributed by atoms with van der Waals surface area (Å²) < 4.78 is 19.4. The van der Waals surface area contributed by atoms with E-state index in [1.807, 2.05) is 9.80 Å². The molecule has 5 rings (SSSR count). The van der Waals surface area contributed by atoms with Gasteiger partial charge >= 0.3 is 0 Å². The van der Waals surface area contributed by atoms with Crippen LogP contribution >= 0.6 is 0 Å². The Morgan fingerprint density at radius 2 is 1.46 bits per heavy atom. The van der Waals surface area contributed by atoms with Crippen LogP contribution in [0.4, 0.5) is 17.8 Å². The maximum absolute atomic E-state index is 13.8. The first-order chi connectivity index (χ1) is 28.3. The number of nitrogens with one attached hydrogen (secondary N) is 1. The molecule has 2 amide bonds. The summed E-state index contributed by atoms with van der Waals surface area (Å²) in [4.78, 5) is 48.7. The fourth-order valence-corrected chi connectivity index (χ4v) is 6.46. The zero-order chi connectivity index (χ0) is 41.1. The second kappa shape index (κ2) is 25.0. The molecule has 23 heteroatoms. The van der Waals surface area contributed by atoms with Crippen molar-refractivity contribution in [1.82, 2.24) is 54.7 Å². The smallest absolute Gasteiger partial charge is 0.250 e. The molecule has 0 radical (unpaired) electrons. The van der Waals surface area contributed by atoms with Gasteiger partial charge in [0.1, 0.15) is 13.2 Å². The van der Waals surface area contributed by atoms with Crippen LogP contribution in [0, 0.1) is 12.3 Å². The minimum absolute atomic E-state index is 0. The van der Waals surface area contributed by atoms with Gasteiger partial charge in [0, 0.05) is 84.3 Å². The van der Waals surface area contributed by atoms with Gasteiger partial charge in [0.15, 0.2) is 6.04 Å². The van der Waals surface area contributed by atoms with Gasteiger partial charge in [-0.3, -0.25) is 9.59 Å². The van der Waals surface area contributed by atoms with E-state index in [4.69, 9.17) is 40.7 Å². The second-order valence-electron chi connectivity index (χ2n) is 13.9. The number of carbonyl (C=O) groups is 2. The number of unbranched alkanes of at least 4 members (excludes halogenated alkanes) is 1. The monoisotopic (exact) mass is 847 g/mol. The molecule has 59 heavy (non-hydrogen) atoms. The van der Waals surface area contributed by atoms with Crippen molar-refractivity contribution in [3.8, 4) is 12.3 Å². The number of carbonyl (C=O) groups excluding carboxylic acids is 2. The van der Waals surface area contributed by atoms with Gasteiger partial charge in [-0.05, 0) is 26.2 Å². The molecule has 0 bridgehead atoms. The summed E-state index contributed by atoms with van der Waals surface area (Å²) in [5.74, 6) is 3.40. The van der Waals surface area contributed by atoms with E-state index in [9.17, 15) is 14.7 Å². The number of quaternary nitrogens is 1. The summed E-state index contributed by atoms with van der Waals surface area (Å²) in [5, 5.41) is 39.5. The van der Waals surface area contributed by atoms with Crippen LogP contribution in [0.3, 0.4) is 0 Å². The number of hydrogen-bond acceptors (Lipinski definition) is 17. The molecule has 2 atom stereocenters. The minimum Gasteiger partial charge on any atom is -1.00 e. The van der Waals surface area contributed by atoms with Gasteiger partial charge in [-0.15, -0.1) is 16.6 Å². The summed E-state index contributed by atoms with van der Waals surface area (Å²) in [6.45, 7) is 8.80. The largest absolute Gasteiger partial charge is 1.00 e. The zero-order valence-corrected chi connectivity index (χ0v) is 34.5. The molecule has 0 aliphatic carbocycles. The first kappa shape index (κ1) is 46.9. The highest BCUT2D eigenvalue weighted by atomic mass is 35.5. The van der Waals surface area contributed by atoms with E-state index in [1.165, 1.54) is 9.36 Å². The quantitative estimate of drug-likeness (QED) is 0.0483. The molecule has 2 saturated heterocycles. The lowest BCUT2D eigenvalue weighted by atomic mass is 10.1. The Hall–Kier alpha value is -4.76. The lowest BCUT2D eigenvalue weighted by Gasteiger charge is -2.37. The number of ether oxygens (including phenoxy) is 3. The average molecular weight is 848 g/mol. The molecule has 5 heterocycles. The van der Waals surface area contributed by atoms with E-state index in [1.54, 1.807) is 29.1 Å². The SMILES string of the molecule is C#CCOCCOCCOCCNc1nc(N2CCN(C(=O)Cn3cc(CCO)nn3)CC2)nc(N2CCN(C(=O)[C@H]([C@@H](C)O)n3cc(CCCC[NH3+])nn3)CC2)n1.[Cl-]. The number of aryl methyl sites for hydroxylation is 1. The first-order valence-corrected chi connectivity index (χ1v) is 19.9. The van der Waals surface area contributed by atoms with Crippen LogP contribution in [0.2, 0.25) is 0 Å². The summed E-state index contributed by atoms with van der Waals surface area (Å²) in [7, 11) is 0. The molecule has 0 saturated carbocycles. The van der Waals surface area contributed by atoms with Crippen molar-refractivity contribution in [1.29, 1.82) is 0 Å². The van der Waals surface area contributed by atoms with Gasteiger partial charge in [-0.2, -0.15) is 15.0 Å². The second-order valence-corrected chi connectivity index (χ2v) is 13.9. The fraction of sp³-hybridized carbons (Fsp3) is 0.694. The van der Waals surface area contributed by atoms with Crippen molar-refractivity contribution in [2.75, 3.05) is 127 Å². The number of anilines is 3. The summed E-state index contributed by atoms with van der Waals surface area (Å²) in [6, 6.07) is -0.896. The number of hydrogen-bond donors (Lipinski definition) is 4. The molecular weight excluding hydrogens is 790 g/mol.